The van der Waals surface area contributed by atoms with E-state index in [4.69, 9.17) is 9.47 Å². The Kier molecular flexibility index (Phi) is 10.7. The van der Waals surface area contributed by atoms with E-state index in [0.717, 1.165) is 50.2 Å². The van der Waals surface area contributed by atoms with E-state index in [1.807, 2.05) is 13.1 Å². The van der Waals surface area contributed by atoms with Crippen molar-refractivity contribution in [1.29, 1.82) is 0 Å². The summed E-state index contributed by atoms with van der Waals surface area (Å²) in [5, 5.41) is 6.49. The summed E-state index contributed by atoms with van der Waals surface area (Å²) in [4.78, 5) is 11.0. The lowest BCUT2D eigenvalue weighted by molar-refractivity contribution is 0.0529. The van der Waals surface area contributed by atoms with Crippen LogP contribution in [0.5, 0.6) is 0 Å². The number of hydrogen-bond acceptors (Lipinski definition) is 5. The van der Waals surface area contributed by atoms with Gasteiger partial charge in [-0.15, -0.1) is 24.0 Å². The van der Waals surface area contributed by atoms with Crippen LogP contribution in [0.15, 0.2) is 23.3 Å². The van der Waals surface area contributed by atoms with E-state index in [9.17, 15) is 0 Å². The van der Waals surface area contributed by atoms with Gasteiger partial charge in [0.2, 0.25) is 0 Å². The Balaban J connectivity index is 0.00000312. The minimum absolute atomic E-state index is 0. The van der Waals surface area contributed by atoms with Gasteiger partial charge in [-0.2, -0.15) is 0 Å². The molecule has 1 aromatic rings. The number of morpholine rings is 1. The lowest BCUT2D eigenvalue weighted by Crippen LogP contribution is -2.41. The molecule has 2 N–H and O–H groups in total. The topological polar surface area (TPSA) is 71.0 Å². The predicted molar refractivity (Wildman–Crippen MR) is 112 cm³/mol. The second-order valence-corrected chi connectivity index (χ2v) is 5.70. The molecule has 0 saturated carbocycles. The van der Waals surface area contributed by atoms with Crippen LogP contribution in [-0.2, 0) is 16.0 Å². The molecule has 142 valence electrons. The molecule has 0 aromatic carbocycles. The Morgan fingerprint density at radius 3 is 2.92 bits per heavy atom. The number of halogens is 1. The van der Waals surface area contributed by atoms with Crippen LogP contribution < -0.4 is 15.5 Å². The lowest BCUT2D eigenvalue weighted by Gasteiger charge is -2.32. The number of hydrogen-bond donors (Lipinski definition) is 2. The molecule has 7 nitrogen and oxygen atoms in total. The van der Waals surface area contributed by atoms with Gasteiger partial charge in [-0.05, 0) is 25.5 Å². The summed E-state index contributed by atoms with van der Waals surface area (Å²) in [6.45, 7) is 9.44. The van der Waals surface area contributed by atoms with Gasteiger partial charge < -0.3 is 25.0 Å². The molecule has 0 spiro atoms. The first-order chi connectivity index (χ1) is 11.7. The van der Waals surface area contributed by atoms with Crippen LogP contribution in [0.4, 0.5) is 5.82 Å². The van der Waals surface area contributed by atoms with Crippen LogP contribution in [-0.4, -0.2) is 63.6 Å². The molecule has 1 saturated heterocycles. The molecule has 1 unspecified atom stereocenters. The summed E-state index contributed by atoms with van der Waals surface area (Å²) in [6.07, 6.45) is 2.17. The highest BCUT2D eigenvalue weighted by Crippen LogP contribution is 2.15. The number of nitrogens with zero attached hydrogens (tertiary/aromatic N) is 3. The highest BCUT2D eigenvalue weighted by molar-refractivity contribution is 14.0. The van der Waals surface area contributed by atoms with Crippen molar-refractivity contribution in [2.45, 2.75) is 26.5 Å². The molecule has 25 heavy (non-hydrogen) atoms. The summed E-state index contributed by atoms with van der Waals surface area (Å²) in [5.74, 6) is 1.77. The highest BCUT2D eigenvalue weighted by atomic mass is 127. The molecule has 0 bridgehead atoms. The molecule has 1 aliphatic rings. The van der Waals surface area contributed by atoms with Crippen molar-refractivity contribution in [2.24, 2.45) is 4.99 Å². The fraction of sp³-hybridized carbons (Fsp3) is 0.647. The zero-order chi connectivity index (χ0) is 17.2. The van der Waals surface area contributed by atoms with E-state index in [-0.39, 0.29) is 30.1 Å². The van der Waals surface area contributed by atoms with Gasteiger partial charge in [0.05, 0.1) is 19.3 Å². The Labute approximate surface area is 167 Å². The van der Waals surface area contributed by atoms with Crippen LogP contribution in [0.2, 0.25) is 0 Å². The monoisotopic (exact) mass is 463 g/mol. The first-order valence-electron chi connectivity index (χ1n) is 8.56. The largest absolute Gasteiger partial charge is 0.380 e. The third-order valence-corrected chi connectivity index (χ3v) is 3.80. The van der Waals surface area contributed by atoms with Crippen molar-refractivity contribution in [3.05, 3.63) is 23.9 Å². The van der Waals surface area contributed by atoms with Crippen LogP contribution in [0.25, 0.3) is 0 Å². The number of anilines is 1. The molecule has 2 heterocycles. The smallest absolute Gasteiger partial charge is 0.191 e. The molecule has 1 fully saturated rings. The van der Waals surface area contributed by atoms with Gasteiger partial charge >= 0.3 is 0 Å². The minimum atomic E-state index is 0. The van der Waals surface area contributed by atoms with Gasteiger partial charge in [0.25, 0.3) is 0 Å². The average Bonchev–Trinajstić information content (AvgIpc) is 2.61. The maximum atomic E-state index is 5.57. The molecule has 1 aliphatic heterocycles. The fourth-order valence-electron chi connectivity index (χ4n) is 2.53. The number of guanidine groups is 1. The Hall–Kier alpha value is -1.13. The average molecular weight is 463 g/mol. The predicted octanol–water partition coefficient (Wildman–Crippen LogP) is 1.63. The third-order valence-electron chi connectivity index (χ3n) is 3.80. The molecule has 0 radical (unpaired) electrons. The molecule has 0 amide bonds. The second kappa shape index (κ2) is 12.3. The first kappa shape index (κ1) is 21.9. The summed E-state index contributed by atoms with van der Waals surface area (Å²) in [5.41, 5.74) is 1.12. The summed E-state index contributed by atoms with van der Waals surface area (Å²) in [7, 11) is 1.76. The molecule has 1 atom stereocenters. The molecule has 1 aromatic heterocycles. The van der Waals surface area contributed by atoms with Gasteiger partial charge in [0.15, 0.2) is 5.96 Å². The Morgan fingerprint density at radius 1 is 1.44 bits per heavy atom. The van der Waals surface area contributed by atoms with Crippen LogP contribution >= 0.6 is 24.0 Å². The van der Waals surface area contributed by atoms with Crippen LogP contribution in [0.1, 0.15) is 19.4 Å². The normalized spacial score (nSPS) is 17.8. The summed E-state index contributed by atoms with van der Waals surface area (Å²) in [6, 6.07) is 4.17. The van der Waals surface area contributed by atoms with Crippen molar-refractivity contribution < 1.29 is 9.47 Å². The summed E-state index contributed by atoms with van der Waals surface area (Å²) < 4.78 is 10.9. The van der Waals surface area contributed by atoms with Crippen molar-refractivity contribution >= 4 is 35.8 Å². The fourth-order valence-corrected chi connectivity index (χ4v) is 2.53. The van der Waals surface area contributed by atoms with Crippen molar-refractivity contribution in [1.82, 2.24) is 15.6 Å². The van der Waals surface area contributed by atoms with Crippen molar-refractivity contribution in [2.75, 3.05) is 51.4 Å². The van der Waals surface area contributed by atoms with E-state index < -0.39 is 0 Å². The maximum absolute atomic E-state index is 5.57. The van der Waals surface area contributed by atoms with Gasteiger partial charge in [-0.3, -0.25) is 4.99 Å². The standard InChI is InChI=1S/C17H29N5O2.HI/c1-4-23-9-7-19-17(18-3)21-12-15-5-6-16(20-11-15)22-8-10-24-14(2)13-22;/h5-6,11,14H,4,7-10,12-13H2,1-3H3,(H2,18,19,21);1H. The van der Waals surface area contributed by atoms with Gasteiger partial charge in [-0.25, -0.2) is 4.98 Å². The van der Waals surface area contributed by atoms with E-state index in [1.54, 1.807) is 7.05 Å². The molecular formula is C17H30IN5O2. The molecule has 8 heteroatoms. The zero-order valence-corrected chi connectivity index (χ0v) is 17.7. The number of pyridine rings is 1. The van der Waals surface area contributed by atoms with E-state index in [1.165, 1.54) is 0 Å². The van der Waals surface area contributed by atoms with Crippen LogP contribution in [0.3, 0.4) is 0 Å². The quantitative estimate of drug-likeness (QED) is 0.277. The van der Waals surface area contributed by atoms with Crippen molar-refractivity contribution in [3.63, 3.8) is 0 Å². The molecule has 2 rings (SSSR count). The zero-order valence-electron chi connectivity index (χ0n) is 15.3. The lowest BCUT2D eigenvalue weighted by atomic mass is 10.2. The Bertz CT molecular complexity index is 512. The van der Waals surface area contributed by atoms with Crippen LogP contribution in [0, 0.1) is 0 Å². The van der Waals surface area contributed by atoms with E-state index in [2.05, 4.69) is 44.6 Å². The summed E-state index contributed by atoms with van der Waals surface area (Å²) >= 11 is 0. The number of rotatable bonds is 7. The molecule has 0 aliphatic carbocycles. The third kappa shape index (κ3) is 7.74. The van der Waals surface area contributed by atoms with Gasteiger partial charge in [0, 0.05) is 46.0 Å². The number of nitrogens with one attached hydrogen (secondary N) is 2. The van der Waals surface area contributed by atoms with E-state index >= 15 is 0 Å². The number of aliphatic imine (C=N–C) groups is 1. The number of aromatic nitrogens is 1. The first-order valence-corrected chi connectivity index (χ1v) is 8.56. The Morgan fingerprint density at radius 2 is 2.28 bits per heavy atom. The highest BCUT2D eigenvalue weighted by Gasteiger charge is 2.17. The SMILES string of the molecule is CCOCCNC(=NC)NCc1ccc(N2CCOC(C)C2)nc1.I. The second-order valence-electron chi connectivity index (χ2n) is 5.70. The number of ether oxygens (including phenoxy) is 2. The van der Waals surface area contributed by atoms with Gasteiger partial charge in [0.1, 0.15) is 5.82 Å². The molecular weight excluding hydrogens is 433 g/mol. The minimum Gasteiger partial charge on any atom is -0.380 e. The van der Waals surface area contributed by atoms with E-state index in [0.29, 0.717) is 13.2 Å². The van der Waals surface area contributed by atoms with Crippen molar-refractivity contribution in [3.8, 4) is 0 Å². The maximum Gasteiger partial charge on any atom is 0.191 e. The van der Waals surface area contributed by atoms with Gasteiger partial charge in [-0.1, -0.05) is 6.07 Å².